The Bertz CT molecular complexity index is 382. The topological polar surface area (TPSA) is 26.0 Å². The Labute approximate surface area is 83.1 Å². The van der Waals surface area contributed by atoms with E-state index in [0.717, 1.165) is 12.0 Å². The lowest BCUT2D eigenvalue weighted by Gasteiger charge is -2.31. The average Bonchev–Trinajstić information content (AvgIpc) is 2.94. The first kappa shape index (κ1) is 8.42. The molecule has 1 saturated carbocycles. The van der Waals surface area contributed by atoms with E-state index in [1.54, 1.807) is 6.07 Å². The number of benzene rings is 1. The zero-order valence-electron chi connectivity index (χ0n) is 8.09. The number of halogens is 1. The SMILES string of the molecule is NC1c2cc(F)ccc2CCC12CC2. The molecule has 0 bridgehead atoms. The number of rotatable bonds is 0. The highest BCUT2D eigenvalue weighted by molar-refractivity contribution is 5.36. The van der Waals surface area contributed by atoms with Crippen LogP contribution in [0.4, 0.5) is 4.39 Å². The second-order valence-corrected chi connectivity index (χ2v) is 4.68. The van der Waals surface area contributed by atoms with Crippen LogP contribution in [0.2, 0.25) is 0 Å². The molecule has 0 radical (unpaired) electrons. The van der Waals surface area contributed by atoms with Crippen LogP contribution in [-0.4, -0.2) is 0 Å². The van der Waals surface area contributed by atoms with Crippen LogP contribution in [0, 0.1) is 11.2 Å². The molecule has 1 nitrogen and oxygen atoms in total. The standard InChI is InChI=1S/C12H14FN/c13-9-2-1-8-3-4-12(5-6-12)11(14)10(8)7-9/h1-2,7,11H,3-6,14H2. The molecule has 0 aliphatic heterocycles. The van der Waals surface area contributed by atoms with Crippen LogP contribution in [0.3, 0.4) is 0 Å². The van der Waals surface area contributed by atoms with E-state index >= 15 is 0 Å². The van der Waals surface area contributed by atoms with Gasteiger partial charge in [0.15, 0.2) is 0 Å². The first-order valence-electron chi connectivity index (χ1n) is 5.25. The minimum Gasteiger partial charge on any atom is -0.323 e. The number of aryl methyl sites for hydroxylation is 1. The number of hydrogen-bond acceptors (Lipinski definition) is 1. The van der Waals surface area contributed by atoms with E-state index in [4.69, 9.17) is 5.73 Å². The highest BCUT2D eigenvalue weighted by atomic mass is 19.1. The van der Waals surface area contributed by atoms with Gasteiger partial charge in [0.1, 0.15) is 5.82 Å². The van der Waals surface area contributed by atoms with Gasteiger partial charge in [-0.2, -0.15) is 0 Å². The molecule has 1 unspecified atom stereocenters. The van der Waals surface area contributed by atoms with Crippen LogP contribution in [0.1, 0.15) is 36.4 Å². The molecule has 0 amide bonds. The van der Waals surface area contributed by atoms with Crippen LogP contribution >= 0.6 is 0 Å². The van der Waals surface area contributed by atoms with Gasteiger partial charge in [-0.15, -0.1) is 0 Å². The molecule has 14 heavy (non-hydrogen) atoms. The minimum absolute atomic E-state index is 0.0712. The molecule has 2 aliphatic rings. The predicted molar refractivity (Wildman–Crippen MR) is 53.3 cm³/mol. The fourth-order valence-corrected chi connectivity index (χ4v) is 2.67. The zero-order valence-corrected chi connectivity index (χ0v) is 8.09. The van der Waals surface area contributed by atoms with E-state index in [1.165, 1.54) is 30.9 Å². The van der Waals surface area contributed by atoms with Crippen molar-refractivity contribution in [2.24, 2.45) is 11.1 Å². The summed E-state index contributed by atoms with van der Waals surface area (Å²) >= 11 is 0. The Hall–Kier alpha value is -0.890. The molecule has 1 spiro atoms. The van der Waals surface area contributed by atoms with Gasteiger partial charge in [-0.05, 0) is 54.4 Å². The third-order valence-corrected chi connectivity index (χ3v) is 3.89. The van der Waals surface area contributed by atoms with Crippen molar-refractivity contribution in [1.29, 1.82) is 0 Å². The van der Waals surface area contributed by atoms with Crippen molar-refractivity contribution in [1.82, 2.24) is 0 Å². The van der Waals surface area contributed by atoms with E-state index in [9.17, 15) is 4.39 Å². The van der Waals surface area contributed by atoms with Crippen molar-refractivity contribution < 1.29 is 4.39 Å². The lowest BCUT2D eigenvalue weighted by Crippen LogP contribution is -2.28. The van der Waals surface area contributed by atoms with Crippen molar-refractivity contribution in [3.63, 3.8) is 0 Å². The van der Waals surface area contributed by atoms with E-state index in [2.05, 4.69) is 0 Å². The Balaban J connectivity index is 2.09. The van der Waals surface area contributed by atoms with Crippen molar-refractivity contribution in [2.45, 2.75) is 31.7 Å². The van der Waals surface area contributed by atoms with E-state index in [-0.39, 0.29) is 11.9 Å². The monoisotopic (exact) mass is 191 g/mol. The lowest BCUT2D eigenvalue weighted by molar-refractivity contribution is 0.353. The van der Waals surface area contributed by atoms with Crippen molar-refractivity contribution >= 4 is 0 Å². The van der Waals surface area contributed by atoms with Gasteiger partial charge in [0.25, 0.3) is 0 Å². The third kappa shape index (κ3) is 1.04. The Kier molecular flexibility index (Phi) is 1.55. The summed E-state index contributed by atoms with van der Waals surface area (Å²) in [7, 11) is 0. The lowest BCUT2D eigenvalue weighted by atomic mass is 9.78. The summed E-state index contributed by atoms with van der Waals surface area (Å²) in [6.45, 7) is 0. The highest BCUT2D eigenvalue weighted by Gasteiger charge is 2.50. The van der Waals surface area contributed by atoms with Gasteiger partial charge >= 0.3 is 0 Å². The molecule has 0 saturated heterocycles. The second kappa shape index (κ2) is 2.57. The molecule has 74 valence electrons. The molecule has 1 aromatic rings. The molecule has 1 fully saturated rings. The van der Waals surface area contributed by atoms with Crippen molar-refractivity contribution in [3.05, 3.63) is 35.1 Å². The summed E-state index contributed by atoms with van der Waals surface area (Å²) in [6, 6.07) is 5.12. The summed E-state index contributed by atoms with van der Waals surface area (Å²) in [6.07, 6.45) is 4.71. The van der Waals surface area contributed by atoms with Gasteiger partial charge in [0, 0.05) is 6.04 Å². The maximum atomic E-state index is 13.1. The van der Waals surface area contributed by atoms with Gasteiger partial charge in [-0.25, -0.2) is 4.39 Å². The molecule has 0 heterocycles. The maximum Gasteiger partial charge on any atom is 0.123 e. The molecule has 2 N–H and O–H groups in total. The second-order valence-electron chi connectivity index (χ2n) is 4.68. The number of fused-ring (bicyclic) bond motifs is 1. The van der Waals surface area contributed by atoms with Crippen LogP contribution in [0.5, 0.6) is 0 Å². The highest BCUT2D eigenvalue weighted by Crippen LogP contribution is 2.59. The summed E-state index contributed by atoms with van der Waals surface area (Å²) < 4.78 is 13.1. The fraction of sp³-hybridized carbons (Fsp3) is 0.500. The Morgan fingerprint density at radius 1 is 1.29 bits per heavy atom. The molecular weight excluding hydrogens is 177 g/mol. The zero-order chi connectivity index (χ0) is 9.76. The van der Waals surface area contributed by atoms with Crippen LogP contribution < -0.4 is 5.73 Å². The molecule has 2 heteroatoms. The summed E-state index contributed by atoms with van der Waals surface area (Å²) in [5.41, 5.74) is 8.82. The minimum atomic E-state index is -0.156. The first-order chi connectivity index (χ1) is 6.71. The predicted octanol–water partition coefficient (Wildman–Crippen LogP) is 2.55. The van der Waals surface area contributed by atoms with Gasteiger partial charge in [-0.1, -0.05) is 6.07 Å². The Morgan fingerprint density at radius 2 is 2.07 bits per heavy atom. The molecule has 0 aromatic heterocycles. The quantitative estimate of drug-likeness (QED) is 0.670. The van der Waals surface area contributed by atoms with Crippen LogP contribution in [0.15, 0.2) is 18.2 Å². The number of hydrogen-bond donors (Lipinski definition) is 1. The van der Waals surface area contributed by atoms with Crippen LogP contribution in [-0.2, 0) is 6.42 Å². The smallest absolute Gasteiger partial charge is 0.123 e. The molecule has 2 aliphatic carbocycles. The van der Waals surface area contributed by atoms with E-state index < -0.39 is 0 Å². The third-order valence-electron chi connectivity index (χ3n) is 3.89. The van der Waals surface area contributed by atoms with Gasteiger partial charge in [0.05, 0.1) is 0 Å². The van der Waals surface area contributed by atoms with Gasteiger partial charge in [0.2, 0.25) is 0 Å². The van der Waals surface area contributed by atoms with E-state index in [1.807, 2.05) is 6.07 Å². The largest absolute Gasteiger partial charge is 0.323 e. The summed E-state index contributed by atoms with van der Waals surface area (Å²) in [5, 5.41) is 0. The van der Waals surface area contributed by atoms with E-state index in [0.29, 0.717) is 5.41 Å². The van der Waals surface area contributed by atoms with Crippen LogP contribution in [0.25, 0.3) is 0 Å². The molecule has 1 atom stereocenters. The molecular formula is C12H14FN. The van der Waals surface area contributed by atoms with Crippen molar-refractivity contribution in [3.8, 4) is 0 Å². The first-order valence-corrected chi connectivity index (χ1v) is 5.25. The summed E-state index contributed by atoms with van der Waals surface area (Å²) in [4.78, 5) is 0. The number of nitrogens with two attached hydrogens (primary N) is 1. The fourth-order valence-electron chi connectivity index (χ4n) is 2.67. The normalized spacial score (nSPS) is 27.4. The van der Waals surface area contributed by atoms with Crippen molar-refractivity contribution in [2.75, 3.05) is 0 Å². The molecule has 1 aromatic carbocycles. The average molecular weight is 191 g/mol. The maximum absolute atomic E-state index is 13.1. The summed E-state index contributed by atoms with van der Waals surface area (Å²) in [5.74, 6) is -0.156. The van der Waals surface area contributed by atoms with Gasteiger partial charge in [-0.3, -0.25) is 0 Å². The molecule has 3 rings (SSSR count). The van der Waals surface area contributed by atoms with Gasteiger partial charge < -0.3 is 5.73 Å². The Morgan fingerprint density at radius 3 is 2.79 bits per heavy atom.